The summed E-state index contributed by atoms with van der Waals surface area (Å²) >= 11 is 0. The van der Waals surface area contributed by atoms with E-state index >= 15 is 0 Å². The van der Waals surface area contributed by atoms with Crippen molar-refractivity contribution in [2.24, 2.45) is 5.10 Å². The number of benzene rings is 2. The molecule has 30 heavy (non-hydrogen) atoms. The molecule has 4 rings (SSSR count). The molecular formula is C22H21FN4O3. The van der Waals surface area contributed by atoms with E-state index in [1.165, 1.54) is 22.0 Å². The molecule has 0 unspecified atom stereocenters. The molecule has 0 aliphatic carbocycles. The zero-order chi connectivity index (χ0) is 21.1. The van der Waals surface area contributed by atoms with Crippen LogP contribution >= 0.6 is 0 Å². The van der Waals surface area contributed by atoms with Gasteiger partial charge in [0.15, 0.2) is 0 Å². The first-order chi connectivity index (χ1) is 14.5. The van der Waals surface area contributed by atoms with Gasteiger partial charge in [-0.3, -0.25) is 14.4 Å². The van der Waals surface area contributed by atoms with Gasteiger partial charge in [0.05, 0.1) is 12.2 Å². The van der Waals surface area contributed by atoms with Crippen LogP contribution in [0.25, 0.3) is 0 Å². The molecule has 0 bridgehead atoms. The molecular weight excluding hydrogens is 387 g/mol. The number of carbonyl (C=O) groups excluding carboxylic acids is 3. The highest BCUT2D eigenvalue weighted by atomic mass is 19.1. The van der Waals surface area contributed by atoms with E-state index in [9.17, 15) is 18.8 Å². The van der Waals surface area contributed by atoms with Gasteiger partial charge in [0.2, 0.25) is 11.8 Å². The number of nitrogens with zero attached hydrogens (tertiary/aromatic N) is 3. The monoisotopic (exact) mass is 408 g/mol. The van der Waals surface area contributed by atoms with E-state index in [0.29, 0.717) is 19.4 Å². The molecule has 2 aromatic rings. The van der Waals surface area contributed by atoms with Crippen molar-refractivity contribution in [3.63, 3.8) is 0 Å². The van der Waals surface area contributed by atoms with Crippen molar-refractivity contribution in [2.45, 2.75) is 32.2 Å². The maximum absolute atomic E-state index is 14.5. The summed E-state index contributed by atoms with van der Waals surface area (Å²) in [6.45, 7) is 0.771. The average Bonchev–Trinajstić information content (AvgIpc) is 3.16. The molecule has 154 valence electrons. The summed E-state index contributed by atoms with van der Waals surface area (Å²) < 4.78 is 14.5. The topological polar surface area (TPSA) is 82.1 Å². The number of anilines is 2. The quantitative estimate of drug-likeness (QED) is 0.826. The summed E-state index contributed by atoms with van der Waals surface area (Å²) in [5.74, 6) is -1.31. The standard InChI is InChI=1S/C22H21FN4O3/c23-17-13-16(8-10-19(17)26-12-4-7-20(26)28)24-22(30)18-9-11-21(29)27(25-18)14-15-5-2-1-3-6-15/h1-3,5-6,8,10,13H,4,7,9,11-12,14H2,(H,24,30). The van der Waals surface area contributed by atoms with Crippen LogP contribution in [0.5, 0.6) is 0 Å². The van der Waals surface area contributed by atoms with Crippen LogP contribution in [0.15, 0.2) is 53.6 Å². The average molecular weight is 408 g/mol. The van der Waals surface area contributed by atoms with Gasteiger partial charge in [0, 0.05) is 31.5 Å². The summed E-state index contributed by atoms with van der Waals surface area (Å²) in [7, 11) is 0. The Kier molecular flexibility index (Phi) is 5.56. The van der Waals surface area contributed by atoms with E-state index in [4.69, 9.17) is 0 Å². The van der Waals surface area contributed by atoms with Gasteiger partial charge in [-0.2, -0.15) is 5.10 Å². The van der Waals surface area contributed by atoms with Gasteiger partial charge in [-0.1, -0.05) is 30.3 Å². The van der Waals surface area contributed by atoms with E-state index < -0.39 is 11.7 Å². The smallest absolute Gasteiger partial charge is 0.271 e. The lowest BCUT2D eigenvalue weighted by Crippen LogP contribution is -2.36. The van der Waals surface area contributed by atoms with E-state index in [1.807, 2.05) is 30.3 Å². The van der Waals surface area contributed by atoms with Crippen molar-refractivity contribution in [1.29, 1.82) is 0 Å². The molecule has 0 atom stereocenters. The van der Waals surface area contributed by atoms with Gasteiger partial charge in [0.1, 0.15) is 11.5 Å². The van der Waals surface area contributed by atoms with Gasteiger partial charge < -0.3 is 10.2 Å². The Morgan fingerprint density at radius 3 is 2.53 bits per heavy atom. The van der Waals surface area contributed by atoms with Gasteiger partial charge in [-0.25, -0.2) is 9.40 Å². The third kappa shape index (κ3) is 4.22. The van der Waals surface area contributed by atoms with Crippen LogP contribution in [0.3, 0.4) is 0 Å². The molecule has 1 fully saturated rings. The number of halogens is 1. The Morgan fingerprint density at radius 2 is 1.83 bits per heavy atom. The molecule has 1 saturated heterocycles. The summed E-state index contributed by atoms with van der Waals surface area (Å²) in [6, 6.07) is 13.6. The van der Waals surface area contributed by atoms with Crippen molar-refractivity contribution < 1.29 is 18.8 Å². The Balaban J connectivity index is 1.46. The molecule has 0 saturated carbocycles. The fourth-order valence-electron chi connectivity index (χ4n) is 3.55. The van der Waals surface area contributed by atoms with E-state index in [1.54, 1.807) is 6.07 Å². The lowest BCUT2D eigenvalue weighted by Gasteiger charge is -2.23. The Morgan fingerprint density at radius 1 is 1.03 bits per heavy atom. The van der Waals surface area contributed by atoms with Crippen LogP contribution in [0.1, 0.15) is 31.2 Å². The largest absolute Gasteiger partial charge is 0.321 e. The summed E-state index contributed by atoms with van der Waals surface area (Å²) in [4.78, 5) is 38.0. The second-order valence-electron chi connectivity index (χ2n) is 7.25. The van der Waals surface area contributed by atoms with Crippen LogP contribution in [0.2, 0.25) is 0 Å². The van der Waals surface area contributed by atoms with E-state index in [0.717, 1.165) is 5.56 Å². The molecule has 0 spiro atoms. The zero-order valence-electron chi connectivity index (χ0n) is 16.3. The number of hydrazone groups is 1. The normalized spacial score (nSPS) is 16.6. The molecule has 7 nitrogen and oxygen atoms in total. The molecule has 1 N–H and O–H groups in total. The number of nitrogens with one attached hydrogen (secondary N) is 1. The van der Waals surface area contributed by atoms with Crippen LogP contribution in [-0.4, -0.2) is 35.0 Å². The zero-order valence-corrected chi connectivity index (χ0v) is 16.3. The maximum atomic E-state index is 14.5. The second kappa shape index (κ2) is 8.44. The fraction of sp³-hybridized carbons (Fsp3) is 0.273. The predicted octanol–water partition coefficient (Wildman–Crippen LogP) is 3.07. The first-order valence-electron chi connectivity index (χ1n) is 9.84. The number of rotatable bonds is 5. The summed E-state index contributed by atoms with van der Waals surface area (Å²) in [5.41, 5.74) is 1.60. The summed E-state index contributed by atoms with van der Waals surface area (Å²) in [5, 5.41) is 8.13. The molecule has 3 amide bonds. The molecule has 2 aliphatic rings. The maximum Gasteiger partial charge on any atom is 0.271 e. The van der Waals surface area contributed by atoms with Crippen molar-refractivity contribution in [2.75, 3.05) is 16.8 Å². The lowest BCUT2D eigenvalue weighted by molar-refractivity contribution is -0.132. The third-order valence-corrected chi connectivity index (χ3v) is 5.11. The number of carbonyl (C=O) groups is 3. The SMILES string of the molecule is O=C(Nc1ccc(N2CCCC2=O)c(F)c1)C1=NN(Cc2ccccc2)C(=O)CC1. The Labute approximate surface area is 173 Å². The van der Waals surface area contributed by atoms with Gasteiger partial charge in [-0.15, -0.1) is 0 Å². The Bertz CT molecular complexity index is 1020. The summed E-state index contributed by atoms with van der Waals surface area (Å²) in [6.07, 6.45) is 1.52. The van der Waals surface area contributed by atoms with Crippen LogP contribution in [0.4, 0.5) is 15.8 Å². The second-order valence-corrected chi connectivity index (χ2v) is 7.25. The van der Waals surface area contributed by atoms with E-state index in [-0.39, 0.29) is 48.3 Å². The minimum Gasteiger partial charge on any atom is -0.321 e. The number of hydrogen-bond donors (Lipinski definition) is 1. The van der Waals surface area contributed by atoms with Gasteiger partial charge in [-0.05, 0) is 30.2 Å². The number of amides is 3. The Hall–Kier alpha value is -3.55. The van der Waals surface area contributed by atoms with Crippen LogP contribution in [0, 0.1) is 5.82 Å². The van der Waals surface area contributed by atoms with Crippen LogP contribution in [-0.2, 0) is 20.9 Å². The highest BCUT2D eigenvalue weighted by Crippen LogP contribution is 2.27. The first kappa shape index (κ1) is 19.8. The highest BCUT2D eigenvalue weighted by Gasteiger charge is 2.26. The van der Waals surface area contributed by atoms with Crippen molar-refractivity contribution in [1.82, 2.24) is 5.01 Å². The van der Waals surface area contributed by atoms with Gasteiger partial charge in [0.25, 0.3) is 5.91 Å². The molecule has 2 aliphatic heterocycles. The molecule has 0 radical (unpaired) electrons. The van der Waals surface area contributed by atoms with Crippen molar-refractivity contribution in [3.8, 4) is 0 Å². The van der Waals surface area contributed by atoms with Crippen molar-refractivity contribution in [3.05, 3.63) is 59.9 Å². The molecule has 2 aromatic carbocycles. The first-order valence-corrected chi connectivity index (χ1v) is 9.84. The molecule has 0 aromatic heterocycles. The predicted molar refractivity (Wildman–Crippen MR) is 110 cm³/mol. The van der Waals surface area contributed by atoms with Gasteiger partial charge >= 0.3 is 0 Å². The van der Waals surface area contributed by atoms with Crippen molar-refractivity contribution >= 4 is 34.8 Å². The third-order valence-electron chi connectivity index (χ3n) is 5.11. The fourth-order valence-corrected chi connectivity index (χ4v) is 3.55. The lowest BCUT2D eigenvalue weighted by atomic mass is 10.1. The number of hydrogen-bond acceptors (Lipinski definition) is 4. The molecule has 2 heterocycles. The minimum absolute atomic E-state index is 0.106. The van der Waals surface area contributed by atoms with Crippen LogP contribution < -0.4 is 10.2 Å². The minimum atomic E-state index is -0.575. The highest BCUT2D eigenvalue weighted by molar-refractivity contribution is 6.43. The molecule has 8 heteroatoms. The van der Waals surface area contributed by atoms with E-state index in [2.05, 4.69) is 10.4 Å².